The maximum Gasteiger partial charge on any atom is 0.410 e. The Morgan fingerprint density at radius 2 is 1.91 bits per heavy atom. The van der Waals surface area contributed by atoms with E-state index in [1.807, 2.05) is 25.7 Å². The van der Waals surface area contributed by atoms with Crippen molar-refractivity contribution < 1.29 is 9.53 Å². The van der Waals surface area contributed by atoms with E-state index in [2.05, 4.69) is 19.2 Å². The molecule has 0 spiro atoms. The van der Waals surface area contributed by atoms with E-state index in [9.17, 15) is 4.79 Å². The molecule has 134 valence electrons. The number of nitrogens with one attached hydrogen (secondary N) is 1. The van der Waals surface area contributed by atoms with Gasteiger partial charge in [-0.25, -0.2) is 4.79 Å². The van der Waals surface area contributed by atoms with Crippen LogP contribution in [0, 0.1) is 17.8 Å². The van der Waals surface area contributed by atoms with Gasteiger partial charge in [0.05, 0.1) is 0 Å². The number of nitrogens with zero attached hydrogens (tertiary/aromatic N) is 1. The highest BCUT2D eigenvalue weighted by atomic mass is 16.6. The summed E-state index contributed by atoms with van der Waals surface area (Å²) in [6.45, 7) is 13.2. The molecule has 4 atom stereocenters. The van der Waals surface area contributed by atoms with E-state index in [1.54, 1.807) is 0 Å². The van der Waals surface area contributed by atoms with E-state index in [0.29, 0.717) is 12.0 Å². The second-order valence-corrected chi connectivity index (χ2v) is 8.81. The van der Waals surface area contributed by atoms with Crippen LogP contribution in [0.2, 0.25) is 0 Å². The van der Waals surface area contributed by atoms with E-state index >= 15 is 0 Å². The topological polar surface area (TPSA) is 41.6 Å². The van der Waals surface area contributed by atoms with Crippen LogP contribution < -0.4 is 5.32 Å². The van der Waals surface area contributed by atoms with E-state index in [4.69, 9.17) is 4.74 Å². The van der Waals surface area contributed by atoms with Crippen molar-refractivity contribution in [3.05, 3.63) is 0 Å². The Morgan fingerprint density at radius 3 is 2.57 bits per heavy atom. The number of amides is 1. The Morgan fingerprint density at radius 1 is 1.17 bits per heavy atom. The third kappa shape index (κ3) is 5.98. The van der Waals surface area contributed by atoms with Crippen molar-refractivity contribution in [2.45, 2.75) is 78.4 Å². The van der Waals surface area contributed by atoms with Crippen LogP contribution >= 0.6 is 0 Å². The van der Waals surface area contributed by atoms with Gasteiger partial charge in [-0.2, -0.15) is 0 Å². The fourth-order valence-corrected chi connectivity index (χ4v) is 3.79. The van der Waals surface area contributed by atoms with Crippen LogP contribution in [0.3, 0.4) is 0 Å². The van der Waals surface area contributed by atoms with Crippen LogP contribution in [-0.4, -0.2) is 42.3 Å². The van der Waals surface area contributed by atoms with Crippen molar-refractivity contribution in [1.29, 1.82) is 0 Å². The summed E-state index contributed by atoms with van der Waals surface area (Å²) in [6, 6.07) is 0.665. The zero-order chi connectivity index (χ0) is 17.0. The molecule has 1 aliphatic heterocycles. The maximum absolute atomic E-state index is 12.2. The van der Waals surface area contributed by atoms with Crippen LogP contribution in [-0.2, 0) is 4.74 Å². The molecule has 0 bridgehead atoms. The summed E-state index contributed by atoms with van der Waals surface area (Å²) in [4.78, 5) is 14.1. The molecule has 1 N–H and O–H groups in total. The molecule has 1 saturated carbocycles. The molecule has 0 aromatic heterocycles. The molecule has 1 saturated heterocycles. The summed E-state index contributed by atoms with van der Waals surface area (Å²) in [7, 11) is 0. The summed E-state index contributed by atoms with van der Waals surface area (Å²) in [5.74, 6) is 2.25. The van der Waals surface area contributed by atoms with Crippen LogP contribution in [0.5, 0.6) is 0 Å². The van der Waals surface area contributed by atoms with Crippen LogP contribution in [0.15, 0.2) is 0 Å². The number of piperidine rings is 1. The first-order valence-corrected chi connectivity index (χ1v) is 9.46. The fraction of sp³-hybridized carbons (Fsp3) is 0.947. The summed E-state index contributed by atoms with van der Waals surface area (Å²) in [5.41, 5.74) is -0.406. The van der Waals surface area contributed by atoms with Gasteiger partial charge >= 0.3 is 6.09 Å². The highest BCUT2D eigenvalue weighted by molar-refractivity contribution is 5.68. The first-order valence-electron chi connectivity index (χ1n) is 9.46. The van der Waals surface area contributed by atoms with Gasteiger partial charge < -0.3 is 15.0 Å². The molecule has 0 radical (unpaired) electrons. The second-order valence-electron chi connectivity index (χ2n) is 8.81. The minimum absolute atomic E-state index is 0.151. The second kappa shape index (κ2) is 7.87. The van der Waals surface area contributed by atoms with Gasteiger partial charge in [-0.05, 0) is 77.2 Å². The van der Waals surface area contributed by atoms with Gasteiger partial charge in [0.2, 0.25) is 0 Å². The highest BCUT2D eigenvalue weighted by Crippen LogP contribution is 2.29. The van der Waals surface area contributed by atoms with Gasteiger partial charge in [-0.1, -0.05) is 13.8 Å². The predicted octanol–water partition coefficient (Wildman–Crippen LogP) is 4.05. The first kappa shape index (κ1) is 18.6. The minimum Gasteiger partial charge on any atom is -0.444 e. The molecular weight excluding hydrogens is 288 g/mol. The third-order valence-corrected chi connectivity index (χ3v) is 5.46. The molecule has 2 aliphatic rings. The number of hydrogen-bond acceptors (Lipinski definition) is 3. The van der Waals surface area contributed by atoms with Gasteiger partial charge in [0.15, 0.2) is 0 Å². The van der Waals surface area contributed by atoms with E-state index in [0.717, 1.165) is 37.9 Å². The monoisotopic (exact) mass is 324 g/mol. The molecule has 4 heteroatoms. The molecule has 4 nitrogen and oxygen atoms in total. The van der Waals surface area contributed by atoms with Crippen LogP contribution in [0.25, 0.3) is 0 Å². The van der Waals surface area contributed by atoms with Gasteiger partial charge in [-0.3, -0.25) is 0 Å². The Hall–Kier alpha value is -0.770. The average Bonchev–Trinajstić information content (AvgIpc) is 2.47. The lowest BCUT2D eigenvalue weighted by molar-refractivity contribution is 0.0164. The van der Waals surface area contributed by atoms with Crippen molar-refractivity contribution in [3.8, 4) is 0 Å². The summed E-state index contributed by atoms with van der Waals surface area (Å²) in [6.07, 6.45) is 6.09. The molecule has 0 aromatic carbocycles. The standard InChI is InChI=1S/C19H36N2O2/c1-14-8-9-17(11-15(14)2)20-12-16-7-6-10-21(13-16)18(22)23-19(3,4)5/h14-17,20H,6-13H2,1-5H3. The SMILES string of the molecule is CC1CCC(NCC2CCCN(C(=O)OC(C)(C)C)C2)CC1C. The number of rotatable bonds is 3. The summed E-state index contributed by atoms with van der Waals surface area (Å²) < 4.78 is 5.51. The first-order chi connectivity index (χ1) is 10.7. The molecule has 1 amide bonds. The minimum atomic E-state index is -0.406. The molecule has 1 heterocycles. The molecule has 1 aliphatic carbocycles. The number of ether oxygens (including phenoxy) is 1. The summed E-state index contributed by atoms with van der Waals surface area (Å²) in [5, 5.41) is 3.77. The third-order valence-electron chi connectivity index (χ3n) is 5.46. The van der Waals surface area contributed by atoms with Crippen molar-refractivity contribution in [2.24, 2.45) is 17.8 Å². The summed E-state index contributed by atoms with van der Waals surface area (Å²) >= 11 is 0. The predicted molar refractivity (Wildman–Crippen MR) is 94.5 cm³/mol. The molecule has 23 heavy (non-hydrogen) atoms. The molecule has 2 rings (SSSR count). The molecule has 0 aromatic rings. The quantitative estimate of drug-likeness (QED) is 0.851. The maximum atomic E-state index is 12.2. The highest BCUT2D eigenvalue weighted by Gasteiger charge is 2.29. The number of likely N-dealkylation sites (tertiary alicyclic amines) is 1. The van der Waals surface area contributed by atoms with Crippen molar-refractivity contribution >= 4 is 6.09 Å². The molecule has 4 unspecified atom stereocenters. The Kier molecular flexibility index (Phi) is 6.35. The number of carbonyl (C=O) groups excluding carboxylic acids is 1. The number of carbonyl (C=O) groups is 1. The average molecular weight is 325 g/mol. The molecule has 2 fully saturated rings. The Bertz CT molecular complexity index is 391. The van der Waals surface area contributed by atoms with Crippen molar-refractivity contribution in [3.63, 3.8) is 0 Å². The lowest BCUT2D eigenvalue weighted by Crippen LogP contribution is -2.46. The van der Waals surface area contributed by atoms with Gasteiger partial charge in [0.1, 0.15) is 5.60 Å². The smallest absolute Gasteiger partial charge is 0.410 e. The van der Waals surface area contributed by atoms with Gasteiger partial charge in [-0.15, -0.1) is 0 Å². The fourth-order valence-electron chi connectivity index (χ4n) is 3.79. The molecular formula is C19H36N2O2. The zero-order valence-electron chi connectivity index (χ0n) is 15.7. The van der Waals surface area contributed by atoms with E-state index in [1.165, 1.54) is 25.7 Å². The normalized spacial score (nSPS) is 32.7. The van der Waals surface area contributed by atoms with Crippen LogP contribution in [0.4, 0.5) is 4.79 Å². The largest absolute Gasteiger partial charge is 0.444 e. The van der Waals surface area contributed by atoms with E-state index in [-0.39, 0.29) is 6.09 Å². The Balaban J connectivity index is 1.75. The van der Waals surface area contributed by atoms with Crippen molar-refractivity contribution in [1.82, 2.24) is 10.2 Å². The lowest BCUT2D eigenvalue weighted by Gasteiger charge is -2.36. The number of hydrogen-bond donors (Lipinski definition) is 1. The van der Waals surface area contributed by atoms with Crippen molar-refractivity contribution in [2.75, 3.05) is 19.6 Å². The van der Waals surface area contributed by atoms with E-state index < -0.39 is 5.60 Å². The van der Waals surface area contributed by atoms with Crippen LogP contribution in [0.1, 0.15) is 66.7 Å². The Labute approximate surface area is 142 Å². The van der Waals surface area contributed by atoms with Gasteiger partial charge in [0, 0.05) is 19.1 Å². The lowest BCUT2D eigenvalue weighted by atomic mass is 9.79. The van der Waals surface area contributed by atoms with Gasteiger partial charge in [0.25, 0.3) is 0 Å². The zero-order valence-corrected chi connectivity index (χ0v) is 15.7.